The summed E-state index contributed by atoms with van der Waals surface area (Å²) in [6.45, 7) is 4.62. The van der Waals surface area contributed by atoms with Gasteiger partial charge in [0.1, 0.15) is 18.3 Å². The molecule has 3 heterocycles. The summed E-state index contributed by atoms with van der Waals surface area (Å²) in [6.07, 6.45) is 2.82. The van der Waals surface area contributed by atoms with Crippen molar-refractivity contribution >= 4 is 17.7 Å². The van der Waals surface area contributed by atoms with Crippen molar-refractivity contribution in [3.8, 4) is 0 Å². The molecular formula is C24H30O9. The highest BCUT2D eigenvalue weighted by Gasteiger charge is 2.79. The summed E-state index contributed by atoms with van der Waals surface area (Å²) in [5.41, 5.74) is -2.05. The SMILES string of the molecule is CC(=O)OC[C@@]12[C@H](CCC[C@]13CO3)[C@@]1(C[C@@H](c3ccoc3)O[C@@H]1OC(C)=O)[C@H](C)C(=O)[C@@H]2O. The third-order valence-electron chi connectivity index (χ3n) is 8.64. The second kappa shape index (κ2) is 7.65. The second-order valence-corrected chi connectivity index (χ2v) is 10.0. The molecule has 180 valence electrons. The predicted molar refractivity (Wildman–Crippen MR) is 110 cm³/mol. The van der Waals surface area contributed by atoms with E-state index in [0.29, 0.717) is 25.9 Å². The maximum Gasteiger partial charge on any atom is 0.304 e. The van der Waals surface area contributed by atoms with Crippen molar-refractivity contribution in [2.75, 3.05) is 13.2 Å². The summed E-state index contributed by atoms with van der Waals surface area (Å²) in [7, 11) is 0. The van der Waals surface area contributed by atoms with E-state index < -0.39 is 52.8 Å². The molecule has 1 N–H and O–H groups in total. The van der Waals surface area contributed by atoms with Crippen LogP contribution in [-0.2, 0) is 33.3 Å². The van der Waals surface area contributed by atoms with Crippen molar-refractivity contribution in [3.63, 3.8) is 0 Å². The van der Waals surface area contributed by atoms with E-state index in [2.05, 4.69) is 0 Å². The number of carbonyl (C=O) groups is 3. The molecular weight excluding hydrogens is 432 g/mol. The quantitative estimate of drug-likeness (QED) is 0.530. The van der Waals surface area contributed by atoms with Crippen LogP contribution < -0.4 is 0 Å². The fourth-order valence-corrected chi connectivity index (χ4v) is 7.05. The number of hydrogen-bond donors (Lipinski definition) is 1. The van der Waals surface area contributed by atoms with Gasteiger partial charge in [0.2, 0.25) is 6.29 Å². The van der Waals surface area contributed by atoms with E-state index in [-0.39, 0.29) is 18.3 Å². The van der Waals surface area contributed by atoms with Gasteiger partial charge >= 0.3 is 11.9 Å². The third kappa shape index (κ3) is 3.05. The number of carbonyl (C=O) groups excluding carboxylic acids is 3. The highest BCUT2D eigenvalue weighted by Crippen LogP contribution is 2.71. The normalized spacial score (nSPS) is 44.0. The average molecular weight is 462 g/mol. The van der Waals surface area contributed by atoms with Gasteiger partial charge in [0, 0.05) is 30.7 Å². The monoisotopic (exact) mass is 462 g/mol. The minimum absolute atomic E-state index is 0.141. The number of fused-ring (bicyclic) bond motifs is 3. The lowest BCUT2D eigenvalue weighted by Crippen LogP contribution is -2.71. The molecule has 1 aromatic heterocycles. The molecule has 4 aliphatic rings. The zero-order chi connectivity index (χ0) is 23.6. The number of epoxide rings is 1. The molecule has 33 heavy (non-hydrogen) atoms. The van der Waals surface area contributed by atoms with Crippen molar-refractivity contribution in [1.82, 2.24) is 0 Å². The molecule has 1 aromatic rings. The number of ketones is 1. The van der Waals surface area contributed by atoms with Gasteiger partial charge in [0.15, 0.2) is 5.78 Å². The lowest BCUT2D eigenvalue weighted by atomic mass is 9.42. The van der Waals surface area contributed by atoms with Gasteiger partial charge in [-0.25, -0.2) is 0 Å². The molecule has 2 aliphatic carbocycles. The van der Waals surface area contributed by atoms with Crippen LogP contribution in [-0.4, -0.2) is 54.0 Å². The van der Waals surface area contributed by atoms with Crippen LogP contribution >= 0.6 is 0 Å². The maximum absolute atomic E-state index is 13.7. The lowest BCUT2D eigenvalue weighted by molar-refractivity contribution is -0.255. The number of aliphatic hydroxyl groups is 1. The van der Waals surface area contributed by atoms with E-state index in [1.54, 1.807) is 25.5 Å². The molecule has 2 spiro atoms. The number of aliphatic hydroxyl groups excluding tert-OH is 1. The first kappa shape index (κ1) is 22.6. The molecule has 9 heteroatoms. The van der Waals surface area contributed by atoms with Crippen LogP contribution in [0.5, 0.6) is 0 Å². The van der Waals surface area contributed by atoms with Gasteiger partial charge in [-0.2, -0.15) is 0 Å². The van der Waals surface area contributed by atoms with Crippen molar-refractivity contribution in [2.24, 2.45) is 22.7 Å². The van der Waals surface area contributed by atoms with Gasteiger partial charge in [-0.15, -0.1) is 0 Å². The Morgan fingerprint density at radius 3 is 2.64 bits per heavy atom. The van der Waals surface area contributed by atoms with Gasteiger partial charge < -0.3 is 28.5 Å². The summed E-state index contributed by atoms with van der Waals surface area (Å²) < 4.78 is 28.7. The Kier molecular flexibility index (Phi) is 5.23. The molecule has 0 bridgehead atoms. The predicted octanol–water partition coefficient (Wildman–Crippen LogP) is 2.31. The minimum atomic E-state index is -1.36. The van der Waals surface area contributed by atoms with Crippen molar-refractivity contribution in [3.05, 3.63) is 24.2 Å². The first-order valence-corrected chi connectivity index (χ1v) is 11.5. The number of ether oxygens (including phenoxy) is 4. The standard InChI is InChI=1S/C24H30O9/c1-13-19(27)20(28)24(12-30-14(2)25)18(5-4-7-22(24)11-31-22)23(13)9-17(16-6-8-29-10-16)33-21(23)32-15(3)26/h6,8,10,13,17-18,20-21,28H,4-5,7,9,11-12H2,1-3H3/t13-,17+,18-,20+,21+,22+,23-,24+/m1/s1. The van der Waals surface area contributed by atoms with Gasteiger partial charge in [-0.1, -0.05) is 13.3 Å². The lowest BCUT2D eigenvalue weighted by Gasteiger charge is -2.61. The number of rotatable bonds is 4. The minimum Gasteiger partial charge on any atom is -0.472 e. The fraction of sp³-hybridized carbons (Fsp3) is 0.708. The molecule has 4 fully saturated rings. The zero-order valence-electron chi connectivity index (χ0n) is 19.1. The van der Waals surface area contributed by atoms with E-state index in [9.17, 15) is 19.5 Å². The van der Waals surface area contributed by atoms with Crippen molar-refractivity contribution in [2.45, 2.75) is 70.6 Å². The van der Waals surface area contributed by atoms with Crippen LogP contribution in [0.4, 0.5) is 0 Å². The van der Waals surface area contributed by atoms with Crippen LogP contribution in [0.3, 0.4) is 0 Å². The third-order valence-corrected chi connectivity index (χ3v) is 8.64. The maximum atomic E-state index is 13.7. The number of hydrogen-bond acceptors (Lipinski definition) is 9. The molecule has 5 rings (SSSR count). The van der Waals surface area contributed by atoms with E-state index >= 15 is 0 Å². The van der Waals surface area contributed by atoms with E-state index in [1.807, 2.05) is 0 Å². The van der Waals surface area contributed by atoms with E-state index in [0.717, 1.165) is 12.0 Å². The molecule has 0 amide bonds. The number of furan rings is 1. The topological polar surface area (TPSA) is 125 Å². The Hall–Kier alpha value is -2.23. The molecule has 0 unspecified atom stereocenters. The molecule has 2 aliphatic heterocycles. The molecule has 0 aromatic carbocycles. The van der Waals surface area contributed by atoms with Crippen LogP contribution in [0.1, 0.15) is 58.1 Å². The van der Waals surface area contributed by atoms with Crippen LogP contribution in [0.15, 0.2) is 23.0 Å². The molecule has 0 radical (unpaired) electrons. The Balaban J connectivity index is 1.66. The summed E-state index contributed by atoms with van der Waals surface area (Å²) >= 11 is 0. The largest absolute Gasteiger partial charge is 0.472 e. The fourth-order valence-electron chi connectivity index (χ4n) is 7.05. The smallest absolute Gasteiger partial charge is 0.304 e. The Bertz CT molecular complexity index is 951. The molecule has 9 nitrogen and oxygen atoms in total. The van der Waals surface area contributed by atoms with E-state index in [1.165, 1.54) is 13.8 Å². The Morgan fingerprint density at radius 1 is 1.27 bits per heavy atom. The Labute approximate surface area is 191 Å². The summed E-state index contributed by atoms with van der Waals surface area (Å²) in [4.78, 5) is 37.6. The highest BCUT2D eigenvalue weighted by molar-refractivity contribution is 5.88. The first-order chi connectivity index (χ1) is 15.7. The summed E-state index contributed by atoms with van der Waals surface area (Å²) in [5, 5.41) is 11.5. The molecule has 2 saturated carbocycles. The van der Waals surface area contributed by atoms with Gasteiger partial charge in [-0.3, -0.25) is 14.4 Å². The number of esters is 2. The van der Waals surface area contributed by atoms with Gasteiger partial charge in [-0.05, 0) is 31.2 Å². The van der Waals surface area contributed by atoms with E-state index in [4.69, 9.17) is 23.4 Å². The molecule has 2 saturated heterocycles. The first-order valence-electron chi connectivity index (χ1n) is 11.5. The second-order valence-electron chi connectivity index (χ2n) is 10.0. The van der Waals surface area contributed by atoms with Gasteiger partial charge in [0.25, 0.3) is 0 Å². The Morgan fingerprint density at radius 2 is 2.03 bits per heavy atom. The van der Waals surface area contributed by atoms with Crippen LogP contribution in [0, 0.1) is 22.7 Å². The summed E-state index contributed by atoms with van der Waals surface area (Å²) in [5.74, 6) is -2.38. The van der Waals surface area contributed by atoms with Gasteiger partial charge in [0.05, 0.1) is 30.7 Å². The number of Topliss-reactive ketones (excluding diaryl/α,β-unsaturated/α-hetero) is 1. The van der Waals surface area contributed by atoms with Crippen LogP contribution in [0.2, 0.25) is 0 Å². The highest BCUT2D eigenvalue weighted by atomic mass is 16.7. The average Bonchev–Trinajstić information content (AvgIpc) is 3.19. The van der Waals surface area contributed by atoms with Crippen molar-refractivity contribution < 1.29 is 42.9 Å². The van der Waals surface area contributed by atoms with Crippen molar-refractivity contribution in [1.29, 1.82) is 0 Å². The zero-order valence-corrected chi connectivity index (χ0v) is 19.1. The van der Waals surface area contributed by atoms with Crippen LogP contribution in [0.25, 0.3) is 0 Å². The molecule has 8 atom stereocenters. The summed E-state index contributed by atoms with van der Waals surface area (Å²) in [6, 6.07) is 1.79.